The molecule has 0 aliphatic carbocycles. The van der Waals surface area contributed by atoms with Gasteiger partial charge in [0.15, 0.2) is 0 Å². The van der Waals surface area contributed by atoms with Crippen LogP contribution in [0.3, 0.4) is 0 Å². The minimum absolute atomic E-state index is 0.119. The fourth-order valence-electron chi connectivity index (χ4n) is 3.29. The van der Waals surface area contributed by atoms with Crippen LogP contribution in [0.2, 0.25) is 0 Å². The number of nitrogens with one attached hydrogen (secondary N) is 1. The third-order valence-electron chi connectivity index (χ3n) is 4.77. The fourth-order valence-corrected chi connectivity index (χ4v) is 3.29. The van der Waals surface area contributed by atoms with E-state index in [0.717, 1.165) is 23.0 Å². The van der Waals surface area contributed by atoms with Gasteiger partial charge in [0.1, 0.15) is 6.10 Å². The molecule has 0 saturated carbocycles. The van der Waals surface area contributed by atoms with Gasteiger partial charge in [0.25, 0.3) is 5.91 Å². The van der Waals surface area contributed by atoms with E-state index in [4.69, 9.17) is 4.74 Å². The van der Waals surface area contributed by atoms with E-state index >= 15 is 0 Å². The number of aromatic amines is 1. The Morgan fingerprint density at radius 2 is 1.89 bits per heavy atom. The van der Waals surface area contributed by atoms with E-state index in [9.17, 15) is 18.0 Å². The lowest BCUT2D eigenvalue weighted by Gasteiger charge is -2.33. The first-order chi connectivity index (χ1) is 12.9. The molecule has 0 bridgehead atoms. The number of fused-ring (bicyclic) bond motifs is 1. The van der Waals surface area contributed by atoms with Crippen molar-refractivity contribution in [3.8, 4) is 0 Å². The first-order valence-electron chi connectivity index (χ1n) is 8.57. The average molecular weight is 374 g/mol. The van der Waals surface area contributed by atoms with Gasteiger partial charge in [-0.25, -0.2) is 0 Å². The van der Waals surface area contributed by atoms with Crippen molar-refractivity contribution in [3.05, 3.63) is 71.4 Å². The summed E-state index contributed by atoms with van der Waals surface area (Å²) in [5.41, 5.74) is 1.38. The van der Waals surface area contributed by atoms with Crippen molar-refractivity contribution in [2.24, 2.45) is 0 Å². The highest BCUT2D eigenvalue weighted by atomic mass is 19.4. The summed E-state index contributed by atoms with van der Waals surface area (Å²) in [6.45, 7) is 1.08. The van der Waals surface area contributed by atoms with Crippen LogP contribution in [-0.4, -0.2) is 35.5 Å². The van der Waals surface area contributed by atoms with Gasteiger partial charge in [0.2, 0.25) is 0 Å². The Labute approximate surface area is 153 Å². The van der Waals surface area contributed by atoms with Crippen molar-refractivity contribution in [2.75, 3.05) is 19.7 Å². The van der Waals surface area contributed by atoms with Crippen LogP contribution in [-0.2, 0) is 10.9 Å². The van der Waals surface area contributed by atoms with Crippen molar-refractivity contribution >= 4 is 16.8 Å². The lowest BCUT2D eigenvalue weighted by Crippen LogP contribution is -2.42. The van der Waals surface area contributed by atoms with Crippen LogP contribution < -0.4 is 0 Å². The van der Waals surface area contributed by atoms with E-state index in [-0.39, 0.29) is 5.91 Å². The molecule has 3 aromatic rings. The molecular formula is C20H17F3N2O2. The number of carbonyl (C=O) groups is 1. The number of alkyl halides is 3. The summed E-state index contributed by atoms with van der Waals surface area (Å²) < 4.78 is 43.8. The summed E-state index contributed by atoms with van der Waals surface area (Å²) in [5, 5.41) is 1.02. The quantitative estimate of drug-likeness (QED) is 0.723. The fraction of sp³-hybridized carbons (Fsp3) is 0.250. The van der Waals surface area contributed by atoms with E-state index in [1.54, 1.807) is 17.0 Å². The standard InChI is InChI=1S/C20H17F3N2O2/c21-20(22,23)16-5-3-14(4-6-16)18-12-25(9-10-27-18)19(26)15-2-1-13-7-8-24-17(13)11-15/h1-8,11,18,24H,9-10,12H2. The van der Waals surface area contributed by atoms with Crippen molar-refractivity contribution in [1.82, 2.24) is 9.88 Å². The Morgan fingerprint density at radius 1 is 1.11 bits per heavy atom. The number of H-pyrrole nitrogens is 1. The van der Waals surface area contributed by atoms with Gasteiger partial charge < -0.3 is 14.6 Å². The van der Waals surface area contributed by atoms with Gasteiger partial charge in [-0.1, -0.05) is 18.2 Å². The molecule has 7 heteroatoms. The number of benzene rings is 2. The molecule has 1 atom stereocenters. The average Bonchev–Trinajstić information content (AvgIpc) is 3.15. The normalized spacial score (nSPS) is 18.0. The summed E-state index contributed by atoms with van der Waals surface area (Å²) in [6, 6.07) is 12.3. The number of morpholine rings is 1. The third kappa shape index (κ3) is 3.55. The van der Waals surface area contributed by atoms with Gasteiger partial charge >= 0.3 is 6.18 Å². The lowest BCUT2D eigenvalue weighted by molar-refractivity contribution is -0.137. The second-order valence-electron chi connectivity index (χ2n) is 6.51. The van der Waals surface area contributed by atoms with Crippen molar-refractivity contribution < 1.29 is 22.7 Å². The largest absolute Gasteiger partial charge is 0.416 e. The molecule has 1 amide bonds. The van der Waals surface area contributed by atoms with Gasteiger partial charge in [-0.05, 0) is 41.3 Å². The zero-order valence-corrected chi connectivity index (χ0v) is 14.3. The molecule has 1 aliphatic heterocycles. The zero-order chi connectivity index (χ0) is 19.0. The molecule has 1 aromatic heterocycles. The summed E-state index contributed by atoms with van der Waals surface area (Å²) in [7, 11) is 0. The van der Waals surface area contributed by atoms with Gasteiger partial charge in [-0.3, -0.25) is 4.79 Å². The number of ether oxygens (including phenoxy) is 1. The minimum atomic E-state index is -4.37. The molecule has 0 spiro atoms. The predicted molar refractivity (Wildman–Crippen MR) is 94.3 cm³/mol. The molecule has 0 radical (unpaired) electrons. The number of hydrogen-bond acceptors (Lipinski definition) is 2. The van der Waals surface area contributed by atoms with Crippen LogP contribution in [0.4, 0.5) is 13.2 Å². The van der Waals surface area contributed by atoms with Crippen LogP contribution in [0.25, 0.3) is 10.9 Å². The van der Waals surface area contributed by atoms with Crippen LogP contribution in [0.15, 0.2) is 54.7 Å². The summed E-state index contributed by atoms with van der Waals surface area (Å²) in [4.78, 5) is 17.6. The number of rotatable bonds is 2. The van der Waals surface area contributed by atoms with E-state index in [1.807, 2.05) is 18.3 Å². The number of aromatic nitrogens is 1. The molecule has 1 fully saturated rings. The highest BCUT2D eigenvalue weighted by Crippen LogP contribution is 2.31. The molecule has 4 rings (SSSR count). The predicted octanol–water partition coefficient (Wildman–Crippen LogP) is 4.40. The molecular weight excluding hydrogens is 357 g/mol. The highest BCUT2D eigenvalue weighted by Gasteiger charge is 2.31. The molecule has 1 saturated heterocycles. The Balaban J connectivity index is 1.51. The lowest BCUT2D eigenvalue weighted by atomic mass is 10.0. The number of amides is 1. The van der Waals surface area contributed by atoms with Gasteiger partial charge in [-0.15, -0.1) is 0 Å². The van der Waals surface area contributed by atoms with Gasteiger partial charge in [0, 0.05) is 23.8 Å². The second kappa shape index (κ2) is 6.74. The van der Waals surface area contributed by atoms with Crippen molar-refractivity contribution in [3.63, 3.8) is 0 Å². The maximum Gasteiger partial charge on any atom is 0.416 e. The molecule has 140 valence electrons. The number of carbonyl (C=O) groups excluding carboxylic acids is 1. The number of halogens is 3. The molecule has 2 aromatic carbocycles. The maximum atomic E-state index is 12.8. The Kier molecular flexibility index (Phi) is 4.39. The van der Waals surface area contributed by atoms with Crippen LogP contribution in [0.1, 0.15) is 27.6 Å². The Morgan fingerprint density at radius 3 is 2.63 bits per heavy atom. The molecule has 1 unspecified atom stereocenters. The van der Waals surface area contributed by atoms with Crippen molar-refractivity contribution in [2.45, 2.75) is 12.3 Å². The van der Waals surface area contributed by atoms with E-state index in [2.05, 4.69) is 4.98 Å². The number of hydrogen-bond donors (Lipinski definition) is 1. The molecule has 1 N–H and O–H groups in total. The van der Waals surface area contributed by atoms with Crippen LogP contribution in [0, 0.1) is 0 Å². The topological polar surface area (TPSA) is 45.3 Å². The first kappa shape index (κ1) is 17.6. The number of nitrogens with zero attached hydrogens (tertiary/aromatic N) is 1. The molecule has 4 nitrogen and oxygen atoms in total. The minimum Gasteiger partial charge on any atom is -0.370 e. The summed E-state index contributed by atoms with van der Waals surface area (Å²) >= 11 is 0. The van der Waals surface area contributed by atoms with E-state index in [0.29, 0.717) is 30.8 Å². The monoisotopic (exact) mass is 374 g/mol. The SMILES string of the molecule is O=C(c1ccc2cc[nH]c2c1)N1CCOC(c2ccc(C(F)(F)F)cc2)C1. The first-order valence-corrected chi connectivity index (χ1v) is 8.57. The Hall–Kier alpha value is -2.80. The second-order valence-corrected chi connectivity index (χ2v) is 6.51. The molecule has 1 aliphatic rings. The smallest absolute Gasteiger partial charge is 0.370 e. The van der Waals surface area contributed by atoms with Crippen LogP contribution >= 0.6 is 0 Å². The van der Waals surface area contributed by atoms with E-state index in [1.165, 1.54) is 12.1 Å². The Bertz CT molecular complexity index is 963. The third-order valence-corrected chi connectivity index (χ3v) is 4.77. The summed E-state index contributed by atoms with van der Waals surface area (Å²) in [6.07, 6.45) is -3.00. The summed E-state index contributed by atoms with van der Waals surface area (Å²) in [5.74, 6) is -0.119. The molecule has 27 heavy (non-hydrogen) atoms. The van der Waals surface area contributed by atoms with Gasteiger partial charge in [0.05, 0.1) is 18.7 Å². The maximum absolute atomic E-state index is 12.8. The van der Waals surface area contributed by atoms with Crippen LogP contribution in [0.5, 0.6) is 0 Å². The van der Waals surface area contributed by atoms with Gasteiger partial charge in [-0.2, -0.15) is 13.2 Å². The van der Waals surface area contributed by atoms with E-state index < -0.39 is 17.8 Å². The zero-order valence-electron chi connectivity index (χ0n) is 14.3. The highest BCUT2D eigenvalue weighted by molar-refractivity contribution is 5.98. The van der Waals surface area contributed by atoms with Crippen molar-refractivity contribution in [1.29, 1.82) is 0 Å². The molecule has 2 heterocycles.